The molecule has 2 aliphatic heterocycles. The van der Waals surface area contributed by atoms with Gasteiger partial charge in [0.1, 0.15) is 29.4 Å². The molecule has 0 radical (unpaired) electrons. The lowest BCUT2D eigenvalue weighted by atomic mass is 9.61. The van der Waals surface area contributed by atoms with Crippen molar-refractivity contribution in [1.29, 1.82) is 0 Å². The molecule has 3 aliphatic rings. The zero-order valence-electron chi connectivity index (χ0n) is 40.2. The van der Waals surface area contributed by atoms with Crippen molar-refractivity contribution in [1.82, 2.24) is 20.1 Å². The molecule has 5 N–H and O–H groups in total. The van der Waals surface area contributed by atoms with Crippen LogP contribution in [0.1, 0.15) is 82.6 Å². The summed E-state index contributed by atoms with van der Waals surface area (Å²) in [5, 5.41) is 9.47. The Morgan fingerprint density at radius 1 is 0.901 bits per heavy atom. The van der Waals surface area contributed by atoms with Crippen LogP contribution in [-0.4, -0.2) is 110 Å². The smallest absolute Gasteiger partial charge is 0.312 e. The van der Waals surface area contributed by atoms with Crippen molar-refractivity contribution < 1.29 is 51.9 Å². The van der Waals surface area contributed by atoms with Gasteiger partial charge in [-0.2, -0.15) is 0 Å². The molecule has 7 rings (SSSR count). The minimum atomic E-state index is -1.12. The van der Waals surface area contributed by atoms with Crippen molar-refractivity contribution in [3.63, 3.8) is 0 Å². The van der Waals surface area contributed by atoms with E-state index in [0.29, 0.717) is 92.3 Å². The lowest BCUT2D eigenvalue weighted by molar-refractivity contribution is -0.665. The summed E-state index contributed by atoms with van der Waals surface area (Å²) in [5.41, 5.74) is 6.85. The van der Waals surface area contributed by atoms with Crippen LogP contribution in [-0.2, 0) is 35.3 Å². The number of methoxy groups -OCH3 is 1. The Labute approximate surface area is 417 Å². The Balaban J connectivity index is 1.01. The van der Waals surface area contributed by atoms with Gasteiger partial charge in [-0.15, -0.1) is 0 Å². The summed E-state index contributed by atoms with van der Waals surface area (Å²) in [5.74, 6) is -1.12. The number of carbonyl (C=O) groups excluding carboxylic acids is 6. The van der Waals surface area contributed by atoms with Crippen LogP contribution in [0.5, 0.6) is 11.5 Å². The molecule has 5 amide bonds. The maximum atomic E-state index is 14.1. The molecule has 71 heavy (non-hydrogen) atoms. The lowest BCUT2D eigenvalue weighted by Crippen LogP contribution is -2.46. The highest BCUT2D eigenvalue weighted by molar-refractivity contribution is 6.31. The molecule has 3 aromatic carbocycles. The molecule has 17 nitrogen and oxygen atoms in total. The van der Waals surface area contributed by atoms with Crippen molar-refractivity contribution >= 4 is 75.0 Å². The molecule has 1 atom stereocenters. The van der Waals surface area contributed by atoms with Crippen LogP contribution < -0.4 is 35.7 Å². The number of Topliss-reactive ketones (excluding diaryl/α,β-unsaturated/α-hetero) is 2. The van der Waals surface area contributed by atoms with Gasteiger partial charge in [-0.1, -0.05) is 43.0 Å². The molecule has 0 spiro atoms. The van der Waals surface area contributed by atoms with Gasteiger partial charge in [0.15, 0.2) is 11.5 Å². The van der Waals surface area contributed by atoms with Gasteiger partial charge in [0.25, 0.3) is 24.0 Å². The van der Waals surface area contributed by atoms with Gasteiger partial charge in [0.05, 0.1) is 42.8 Å². The predicted molar refractivity (Wildman–Crippen MR) is 265 cm³/mol. The molecule has 0 unspecified atom stereocenters. The summed E-state index contributed by atoms with van der Waals surface area (Å²) in [7, 11) is 1.58. The molecular weight excluding hydrogens is 935 g/mol. The number of hydrogen-bond acceptors (Lipinski definition) is 12. The molecular formula is C52H63ClFN8O9+. The summed E-state index contributed by atoms with van der Waals surface area (Å²) in [6.07, 6.45) is 10.0. The summed E-state index contributed by atoms with van der Waals surface area (Å²) < 4.78 is 33.6. The molecule has 1 aliphatic carbocycles. The quantitative estimate of drug-likeness (QED) is 0.0210. The SMILES string of the molecule is COc1cc2c(cc1OCCCN1CCOCC1)c(Nc1ccc(F)c(Cl)c1)nc[n+]2Cc1ccc(NC(=O)[C@H](CCCNC(N)=O)CC(=O)C2(C(=O)CCCCCCN3C(=O)C=CC3=O)CCC2)cc1. The number of morpholine rings is 1. The summed E-state index contributed by atoms with van der Waals surface area (Å²) in [6.45, 7) is 5.47. The number of ether oxygens (including phenoxy) is 3. The second-order valence-electron chi connectivity index (χ2n) is 18.3. The van der Waals surface area contributed by atoms with E-state index in [4.69, 9.17) is 36.5 Å². The number of rotatable bonds is 27. The number of nitrogens with zero attached hydrogens (tertiary/aromatic N) is 4. The number of nitrogens with one attached hydrogen (secondary N) is 3. The average molecular weight is 999 g/mol. The fourth-order valence-corrected chi connectivity index (χ4v) is 9.40. The number of amides is 5. The Morgan fingerprint density at radius 2 is 1.63 bits per heavy atom. The normalized spacial score (nSPS) is 15.8. The van der Waals surface area contributed by atoms with Crippen LogP contribution in [0.4, 0.5) is 26.4 Å². The number of hydrogen-bond donors (Lipinski definition) is 4. The zero-order chi connectivity index (χ0) is 50.3. The Morgan fingerprint density at radius 3 is 2.32 bits per heavy atom. The zero-order valence-corrected chi connectivity index (χ0v) is 40.9. The highest BCUT2D eigenvalue weighted by atomic mass is 35.5. The molecule has 1 saturated heterocycles. The van der Waals surface area contributed by atoms with Gasteiger partial charge >= 0.3 is 6.03 Å². The third-order valence-corrected chi connectivity index (χ3v) is 13.7. The molecule has 1 aromatic heterocycles. The third kappa shape index (κ3) is 13.9. The largest absolute Gasteiger partial charge is 0.493 e. The first-order valence-electron chi connectivity index (χ1n) is 24.4. The topological polar surface area (TPSA) is 215 Å². The second kappa shape index (κ2) is 25.1. The number of nitrogens with two attached hydrogens (primary N) is 1. The number of ketones is 2. The van der Waals surface area contributed by atoms with E-state index >= 15 is 0 Å². The van der Waals surface area contributed by atoms with E-state index in [9.17, 15) is 33.2 Å². The van der Waals surface area contributed by atoms with E-state index in [1.54, 1.807) is 31.6 Å². The van der Waals surface area contributed by atoms with E-state index < -0.39 is 23.2 Å². The fraction of sp³-hybridized carbons (Fsp3) is 0.462. The van der Waals surface area contributed by atoms with Gasteiger partial charge < -0.3 is 35.9 Å². The number of halogens is 2. The highest BCUT2D eigenvalue weighted by Gasteiger charge is 2.49. The van der Waals surface area contributed by atoms with Gasteiger partial charge in [-0.25, -0.2) is 13.8 Å². The Kier molecular flexibility index (Phi) is 18.5. The molecule has 0 bridgehead atoms. The van der Waals surface area contributed by atoms with Gasteiger partial charge in [0.2, 0.25) is 5.91 Å². The number of imide groups is 1. The number of aromatic nitrogens is 2. The van der Waals surface area contributed by atoms with Crippen molar-refractivity contribution in [3.05, 3.63) is 89.5 Å². The Bertz CT molecular complexity index is 2590. The first kappa shape index (κ1) is 52.3. The van der Waals surface area contributed by atoms with Crippen molar-refractivity contribution in [3.8, 4) is 11.5 Å². The summed E-state index contributed by atoms with van der Waals surface area (Å²) >= 11 is 6.13. The predicted octanol–water partition coefficient (Wildman–Crippen LogP) is 6.79. The number of anilines is 3. The number of fused-ring (bicyclic) bond motifs is 1. The van der Waals surface area contributed by atoms with Crippen LogP contribution in [0.15, 0.2) is 73.1 Å². The van der Waals surface area contributed by atoms with Crippen molar-refractivity contribution in [2.75, 3.05) is 70.3 Å². The monoisotopic (exact) mass is 997 g/mol. The van der Waals surface area contributed by atoms with E-state index in [0.717, 1.165) is 63.2 Å². The number of unbranched alkanes of at least 4 members (excludes halogenated alkanes) is 3. The number of primary amides is 1. The average Bonchev–Trinajstić information content (AvgIpc) is 3.67. The van der Waals surface area contributed by atoms with Crippen LogP contribution in [0.3, 0.4) is 0 Å². The van der Waals surface area contributed by atoms with Crippen LogP contribution in [0, 0.1) is 17.2 Å². The van der Waals surface area contributed by atoms with E-state index in [-0.39, 0.29) is 60.1 Å². The van der Waals surface area contributed by atoms with Gasteiger partial charge in [-0.3, -0.25) is 33.8 Å². The molecule has 378 valence electrons. The van der Waals surface area contributed by atoms with Crippen molar-refractivity contribution in [2.24, 2.45) is 17.1 Å². The van der Waals surface area contributed by atoms with Crippen LogP contribution >= 0.6 is 11.6 Å². The fourth-order valence-electron chi connectivity index (χ4n) is 9.22. The van der Waals surface area contributed by atoms with Crippen LogP contribution in [0.2, 0.25) is 5.02 Å². The molecule has 4 aromatic rings. The molecule has 2 fully saturated rings. The van der Waals surface area contributed by atoms with Crippen LogP contribution in [0.25, 0.3) is 10.9 Å². The van der Waals surface area contributed by atoms with E-state index in [1.807, 2.05) is 28.8 Å². The first-order valence-corrected chi connectivity index (χ1v) is 24.8. The number of carbonyl (C=O) groups is 6. The van der Waals surface area contributed by atoms with Crippen molar-refractivity contribution in [2.45, 2.75) is 83.6 Å². The third-order valence-electron chi connectivity index (χ3n) is 13.5. The lowest BCUT2D eigenvalue weighted by Gasteiger charge is -2.39. The highest BCUT2D eigenvalue weighted by Crippen LogP contribution is 2.45. The summed E-state index contributed by atoms with van der Waals surface area (Å²) in [6, 6.07) is 14.7. The second-order valence-corrected chi connectivity index (χ2v) is 18.7. The number of urea groups is 1. The Hall–Kier alpha value is -6.50. The number of benzene rings is 3. The van der Waals surface area contributed by atoms with Gasteiger partial charge in [0, 0.05) is 87.1 Å². The minimum absolute atomic E-state index is 0.0322. The summed E-state index contributed by atoms with van der Waals surface area (Å²) in [4.78, 5) is 85.0. The van der Waals surface area contributed by atoms with E-state index in [2.05, 4.69) is 20.9 Å². The minimum Gasteiger partial charge on any atom is -0.493 e. The van der Waals surface area contributed by atoms with Gasteiger partial charge in [-0.05, 0) is 85.8 Å². The molecule has 3 heterocycles. The standard InChI is InChI=1S/C52H62ClFN8O9/c1-69-43-32-42-39(31-44(43)71-26-8-22-60-24-27-70-28-25-60)49(58-38-15-16-41(54)40(53)30-38)57-34-61(42)33-35-11-13-37(14-12-35)59-50(67)36(9-6-21-56-51(55)68)29-46(64)52(19-7-20-52)45(63)10-4-2-3-5-23-62-47(65)17-18-48(62)66/h11-18,30-32,34,36H,2-10,19-29,33H2,1H3,(H4,55,56,59,67,68)/p+1/t36-/m1/s1. The maximum Gasteiger partial charge on any atom is 0.312 e. The van der Waals surface area contributed by atoms with E-state index in [1.165, 1.54) is 29.2 Å². The first-order chi connectivity index (χ1) is 34.3. The maximum absolute atomic E-state index is 14.1. The molecule has 1 saturated carbocycles. The molecule has 19 heteroatoms.